The number of hydrogen-bond donors (Lipinski definition) is 2. The SMILES string of the molecule is COc1ccc(-c2cccc3sc(C(=N)N)cc23)cc1.Cl. The number of amidine groups is 1. The molecule has 0 aliphatic rings. The Labute approximate surface area is 133 Å². The molecular weight excluding hydrogens is 304 g/mol. The zero-order valence-corrected chi connectivity index (χ0v) is 13.1. The highest BCUT2D eigenvalue weighted by atomic mass is 35.5. The summed E-state index contributed by atoms with van der Waals surface area (Å²) in [5.41, 5.74) is 7.86. The quantitative estimate of drug-likeness (QED) is 0.559. The molecule has 3 aromatic rings. The average Bonchev–Trinajstić information content (AvgIpc) is 2.91. The van der Waals surface area contributed by atoms with E-state index in [2.05, 4.69) is 12.1 Å². The molecule has 0 radical (unpaired) electrons. The maximum absolute atomic E-state index is 7.57. The van der Waals surface area contributed by atoms with E-state index in [0.717, 1.165) is 31.8 Å². The van der Waals surface area contributed by atoms with Crippen LogP contribution in [0.4, 0.5) is 0 Å². The maximum atomic E-state index is 7.57. The fourth-order valence-corrected chi connectivity index (χ4v) is 3.17. The summed E-state index contributed by atoms with van der Waals surface area (Å²) in [6.07, 6.45) is 0. The van der Waals surface area contributed by atoms with Crippen molar-refractivity contribution in [2.45, 2.75) is 0 Å². The number of halogens is 1. The summed E-state index contributed by atoms with van der Waals surface area (Å²) in [7, 11) is 1.66. The minimum absolute atomic E-state index is 0. The van der Waals surface area contributed by atoms with Crippen LogP contribution in [0.3, 0.4) is 0 Å². The Bertz CT molecular complexity index is 781. The Kier molecular flexibility index (Phi) is 4.50. The van der Waals surface area contributed by atoms with Crippen LogP contribution in [0.15, 0.2) is 48.5 Å². The number of methoxy groups -OCH3 is 1. The van der Waals surface area contributed by atoms with Crippen LogP contribution >= 0.6 is 23.7 Å². The predicted molar refractivity (Wildman–Crippen MR) is 92.1 cm³/mol. The second-order valence-electron chi connectivity index (χ2n) is 4.47. The number of thiophene rings is 1. The van der Waals surface area contributed by atoms with Gasteiger partial charge in [0.1, 0.15) is 11.6 Å². The molecule has 0 saturated carbocycles. The predicted octanol–water partition coefficient (Wildman–Crippen LogP) is 4.28. The number of fused-ring (bicyclic) bond motifs is 1. The maximum Gasteiger partial charge on any atom is 0.133 e. The van der Waals surface area contributed by atoms with Crippen molar-refractivity contribution in [3.63, 3.8) is 0 Å². The molecule has 0 atom stereocenters. The van der Waals surface area contributed by atoms with Crippen LogP contribution in [0.2, 0.25) is 0 Å². The van der Waals surface area contributed by atoms with Gasteiger partial charge in [0, 0.05) is 10.1 Å². The first-order valence-corrected chi connectivity index (χ1v) is 7.02. The molecule has 5 heteroatoms. The zero-order valence-electron chi connectivity index (χ0n) is 11.4. The fourth-order valence-electron chi connectivity index (χ4n) is 2.22. The van der Waals surface area contributed by atoms with E-state index in [1.54, 1.807) is 18.4 Å². The summed E-state index contributed by atoms with van der Waals surface area (Å²) in [5, 5.41) is 8.70. The van der Waals surface area contributed by atoms with Gasteiger partial charge in [-0.15, -0.1) is 23.7 Å². The first-order valence-electron chi connectivity index (χ1n) is 6.20. The summed E-state index contributed by atoms with van der Waals surface area (Å²) in [4.78, 5) is 0.806. The van der Waals surface area contributed by atoms with Gasteiger partial charge >= 0.3 is 0 Å². The Morgan fingerprint density at radius 2 is 1.86 bits per heavy atom. The minimum atomic E-state index is 0. The molecule has 2 aromatic carbocycles. The van der Waals surface area contributed by atoms with Gasteiger partial charge in [-0.2, -0.15) is 0 Å². The molecule has 0 unspecified atom stereocenters. The third-order valence-corrected chi connectivity index (χ3v) is 4.36. The van der Waals surface area contributed by atoms with Crippen LogP contribution in [0.25, 0.3) is 21.2 Å². The molecule has 0 fully saturated rings. The lowest BCUT2D eigenvalue weighted by molar-refractivity contribution is 0.415. The van der Waals surface area contributed by atoms with E-state index in [1.165, 1.54) is 0 Å². The summed E-state index contributed by atoms with van der Waals surface area (Å²) >= 11 is 1.55. The van der Waals surface area contributed by atoms with E-state index in [0.29, 0.717) is 0 Å². The Morgan fingerprint density at radius 1 is 1.14 bits per heavy atom. The van der Waals surface area contributed by atoms with Crippen molar-refractivity contribution in [3.05, 3.63) is 53.4 Å². The van der Waals surface area contributed by atoms with Gasteiger partial charge in [0.05, 0.1) is 12.0 Å². The van der Waals surface area contributed by atoms with Crippen molar-refractivity contribution in [2.75, 3.05) is 7.11 Å². The molecule has 0 spiro atoms. The summed E-state index contributed by atoms with van der Waals surface area (Å²) < 4.78 is 6.33. The molecule has 1 heterocycles. The van der Waals surface area contributed by atoms with Crippen LogP contribution in [-0.4, -0.2) is 12.9 Å². The van der Waals surface area contributed by atoms with Gasteiger partial charge in [0.15, 0.2) is 0 Å². The van der Waals surface area contributed by atoms with Gasteiger partial charge in [-0.25, -0.2) is 0 Å². The van der Waals surface area contributed by atoms with Gasteiger partial charge in [-0.1, -0.05) is 24.3 Å². The number of hydrogen-bond acceptors (Lipinski definition) is 3. The molecule has 0 amide bonds. The number of nitrogens with one attached hydrogen (secondary N) is 1. The Balaban J connectivity index is 0.00000161. The van der Waals surface area contributed by atoms with Crippen molar-refractivity contribution in [2.24, 2.45) is 5.73 Å². The fraction of sp³-hybridized carbons (Fsp3) is 0.0625. The minimum Gasteiger partial charge on any atom is -0.497 e. The number of ether oxygens (including phenoxy) is 1. The summed E-state index contributed by atoms with van der Waals surface area (Å²) in [6.45, 7) is 0. The van der Waals surface area contributed by atoms with E-state index in [9.17, 15) is 0 Å². The molecule has 0 aliphatic carbocycles. The Hall–Kier alpha value is -2.04. The molecule has 0 aliphatic heterocycles. The number of nitrogen functional groups attached to an aromatic ring is 1. The lowest BCUT2D eigenvalue weighted by atomic mass is 10.0. The van der Waals surface area contributed by atoms with E-state index >= 15 is 0 Å². The van der Waals surface area contributed by atoms with Crippen LogP contribution in [0.1, 0.15) is 4.88 Å². The van der Waals surface area contributed by atoms with Gasteiger partial charge in [-0.05, 0) is 35.4 Å². The van der Waals surface area contributed by atoms with Gasteiger partial charge < -0.3 is 10.5 Å². The molecular formula is C16H15ClN2OS. The second-order valence-corrected chi connectivity index (χ2v) is 5.55. The van der Waals surface area contributed by atoms with E-state index in [4.69, 9.17) is 15.9 Å². The molecule has 21 heavy (non-hydrogen) atoms. The standard InChI is InChI=1S/C16H14N2OS.ClH/c1-19-11-7-5-10(6-8-11)12-3-2-4-14-13(12)9-15(20-14)16(17)18;/h2-9H,1H3,(H3,17,18);1H. The number of nitrogens with two attached hydrogens (primary N) is 1. The van der Waals surface area contributed by atoms with Crippen molar-refractivity contribution >= 4 is 39.7 Å². The Morgan fingerprint density at radius 3 is 2.48 bits per heavy atom. The van der Waals surface area contributed by atoms with Crippen LogP contribution < -0.4 is 10.5 Å². The highest BCUT2D eigenvalue weighted by molar-refractivity contribution is 7.20. The van der Waals surface area contributed by atoms with E-state index < -0.39 is 0 Å². The number of rotatable bonds is 3. The molecule has 0 bridgehead atoms. The van der Waals surface area contributed by atoms with Gasteiger partial charge in [0.2, 0.25) is 0 Å². The number of benzene rings is 2. The first kappa shape index (κ1) is 15.4. The summed E-state index contributed by atoms with van der Waals surface area (Å²) in [6, 6.07) is 16.1. The highest BCUT2D eigenvalue weighted by Gasteiger charge is 2.09. The van der Waals surface area contributed by atoms with Crippen molar-refractivity contribution in [3.8, 4) is 16.9 Å². The third-order valence-electron chi connectivity index (χ3n) is 3.23. The molecule has 1 aromatic heterocycles. The largest absolute Gasteiger partial charge is 0.497 e. The van der Waals surface area contributed by atoms with Gasteiger partial charge in [0.25, 0.3) is 0 Å². The summed E-state index contributed by atoms with van der Waals surface area (Å²) in [5.74, 6) is 0.961. The van der Waals surface area contributed by atoms with Crippen molar-refractivity contribution in [1.29, 1.82) is 5.41 Å². The monoisotopic (exact) mass is 318 g/mol. The van der Waals surface area contributed by atoms with Gasteiger partial charge in [-0.3, -0.25) is 5.41 Å². The van der Waals surface area contributed by atoms with E-state index in [1.807, 2.05) is 36.4 Å². The van der Waals surface area contributed by atoms with Crippen LogP contribution in [0.5, 0.6) is 5.75 Å². The van der Waals surface area contributed by atoms with Crippen LogP contribution in [-0.2, 0) is 0 Å². The second kappa shape index (κ2) is 6.16. The molecule has 108 valence electrons. The molecule has 3 nitrogen and oxygen atoms in total. The highest BCUT2D eigenvalue weighted by Crippen LogP contribution is 2.34. The molecule has 3 N–H and O–H groups in total. The van der Waals surface area contributed by atoms with Crippen LogP contribution in [0, 0.1) is 5.41 Å². The first-order chi connectivity index (χ1) is 9.69. The lowest BCUT2D eigenvalue weighted by Crippen LogP contribution is -2.08. The third kappa shape index (κ3) is 2.86. The lowest BCUT2D eigenvalue weighted by Gasteiger charge is -2.05. The topological polar surface area (TPSA) is 59.1 Å². The zero-order chi connectivity index (χ0) is 14.1. The smallest absolute Gasteiger partial charge is 0.133 e. The molecule has 3 rings (SSSR count). The van der Waals surface area contributed by atoms with E-state index in [-0.39, 0.29) is 18.2 Å². The van der Waals surface area contributed by atoms with Crippen molar-refractivity contribution < 1.29 is 4.74 Å². The normalized spacial score (nSPS) is 10.1. The molecule has 0 saturated heterocycles. The average molecular weight is 319 g/mol. The van der Waals surface area contributed by atoms with Crippen molar-refractivity contribution in [1.82, 2.24) is 0 Å².